The summed E-state index contributed by atoms with van der Waals surface area (Å²) in [6.07, 6.45) is 4.61. The van der Waals surface area contributed by atoms with E-state index >= 15 is 0 Å². The van der Waals surface area contributed by atoms with E-state index in [1.54, 1.807) is 0 Å². The van der Waals surface area contributed by atoms with Crippen LogP contribution in [-0.2, 0) is 43.2 Å². The Labute approximate surface area is 316 Å². The third-order valence-corrected chi connectivity index (χ3v) is 8.16. The van der Waals surface area contributed by atoms with Gasteiger partial charge in [0.1, 0.15) is 18.1 Å². The number of unbranched alkanes of at least 4 members (excludes halogenated alkanes) is 7. The summed E-state index contributed by atoms with van der Waals surface area (Å²) in [5.74, 6) is -7.95. The Bertz CT molecular complexity index is 1270. The normalized spacial score (nSPS) is 14.1. The van der Waals surface area contributed by atoms with Crippen LogP contribution in [0.25, 0.3) is 0 Å². The number of carbonyl (C=O) groups excluding carboxylic acids is 9. The van der Waals surface area contributed by atoms with E-state index in [-0.39, 0.29) is 25.3 Å². The number of rotatable bonds is 29. The molecule has 0 fully saturated rings. The van der Waals surface area contributed by atoms with Crippen LogP contribution in [0.1, 0.15) is 104 Å². The summed E-state index contributed by atoms with van der Waals surface area (Å²) >= 11 is 0. The lowest BCUT2D eigenvalue weighted by atomic mass is 10.1. The first kappa shape index (κ1) is 49.3. The number of Topliss-reactive ketones (excluding diaryl/α,β-unsaturated/α-hetero) is 1. The molecule has 0 heterocycles. The molecule has 54 heavy (non-hydrogen) atoms. The van der Waals surface area contributed by atoms with E-state index in [0.717, 1.165) is 32.1 Å². The number of nitrogens with two attached hydrogens (primary N) is 3. The van der Waals surface area contributed by atoms with Crippen LogP contribution in [0.2, 0.25) is 0 Å². The molecular formula is C34H62N10O10. The second-order valence-corrected chi connectivity index (χ2v) is 13.0. The Morgan fingerprint density at radius 3 is 1.85 bits per heavy atom. The lowest BCUT2D eigenvalue weighted by molar-refractivity contribution is -0.140. The molecule has 20 nitrogen and oxygen atoms in total. The molecule has 8 amide bonds. The van der Waals surface area contributed by atoms with Crippen molar-refractivity contribution in [3.8, 4) is 0 Å². The van der Waals surface area contributed by atoms with E-state index in [1.807, 2.05) is 0 Å². The number of likely N-dealkylation sites (N-methyl/N-ethyl adjacent to an activating group) is 1. The van der Waals surface area contributed by atoms with Crippen LogP contribution in [0.5, 0.6) is 0 Å². The summed E-state index contributed by atoms with van der Waals surface area (Å²) in [5.41, 5.74) is 16.6. The highest BCUT2D eigenvalue weighted by Crippen LogP contribution is 2.08. The molecule has 0 aliphatic carbocycles. The third-order valence-electron chi connectivity index (χ3n) is 8.16. The molecule has 6 atom stereocenters. The molecule has 0 aliphatic heterocycles. The highest BCUT2D eigenvalue weighted by Gasteiger charge is 2.33. The van der Waals surface area contributed by atoms with Crippen molar-refractivity contribution in [3.05, 3.63) is 0 Å². The van der Waals surface area contributed by atoms with Gasteiger partial charge in [-0.3, -0.25) is 43.2 Å². The van der Waals surface area contributed by atoms with Crippen LogP contribution in [-0.4, -0.2) is 115 Å². The van der Waals surface area contributed by atoms with E-state index in [1.165, 1.54) is 33.7 Å². The fourth-order valence-electron chi connectivity index (χ4n) is 5.01. The number of nitrogens with one attached hydrogen (secondary N) is 7. The van der Waals surface area contributed by atoms with Gasteiger partial charge in [0, 0.05) is 26.4 Å². The van der Waals surface area contributed by atoms with E-state index < -0.39 is 90.0 Å². The zero-order valence-corrected chi connectivity index (χ0v) is 31.9. The summed E-state index contributed by atoms with van der Waals surface area (Å²) in [6, 6.07) is -5.83. The molecule has 0 spiro atoms. The molecule has 0 aromatic carbocycles. The Hall–Kier alpha value is -4.69. The first-order valence-electron chi connectivity index (χ1n) is 18.4. The second kappa shape index (κ2) is 27.9. The molecular weight excluding hydrogens is 708 g/mol. The van der Waals surface area contributed by atoms with Gasteiger partial charge in [-0.1, -0.05) is 45.4 Å². The maximum atomic E-state index is 13.3. The van der Waals surface area contributed by atoms with Gasteiger partial charge in [-0.05, 0) is 46.1 Å². The number of ketones is 1. The molecule has 0 bridgehead atoms. The molecule has 0 radical (unpaired) electrons. The van der Waals surface area contributed by atoms with Crippen molar-refractivity contribution >= 4 is 53.0 Å². The molecule has 20 heteroatoms. The highest BCUT2D eigenvalue weighted by molar-refractivity contribution is 6.38. The molecule has 0 aliphatic rings. The van der Waals surface area contributed by atoms with E-state index in [4.69, 9.17) is 17.2 Å². The summed E-state index contributed by atoms with van der Waals surface area (Å²) in [5, 5.41) is 26.5. The van der Waals surface area contributed by atoms with Gasteiger partial charge < -0.3 is 59.5 Å². The standard InChI is InChI=1S/C34H62N10O10/c1-5-6-7-8-9-10-11-15-25(47)39-18-16-26(48)41-22(14-12-13-17-35)30(50)43-27(21(3)45)32(52)44-29(37)34(54)42-23(19-24(36)46)31(51)40-20(2)28(49)33(53)38-4/h20-23,27,29,45H,5-19,35,37H2,1-4H3,(H2,36,46)(H,38,53)(H,39,47)(H,40,51)(H,41,48)(H,42,54)(H,43,50)(H,44,52). The molecule has 308 valence electrons. The van der Waals surface area contributed by atoms with Gasteiger partial charge in [0.25, 0.3) is 11.8 Å². The smallest absolute Gasteiger partial charge is 0.289 e. The van der Waals surface area contributed by atoms with Crippen LogP contribution in [0.15, 0.2) is 0 Å². The van der Waals surface area contributed by atoms with Gasteiger partial charge in [-0.25, -0.2) is 0 Å². The predicted molar refractivity (Wildman–Crippen MR) is 197 cm³/mol. The van der Waals surface area contributed by atoms with Crippen molar-refractivity contribution in [1.82, 2.24) is 37.2 Å². The maximum absolute atomic E-state index is 13.3. The van der Waals surface area contributed by atoms with Crippen LogP contribution in [0, 0.1) is 0 Å². The van der Waals surface area contributed by atoms with Gasteiger partial charge in [-0.15, -0.1) is 0 Å². The minimum atomic E-state index is -1.88. The fraction of sp³-hybridized carbons (Fsp3) is 0.735. The zero-order valence-electron chi connectivity index (χ0n) is 31.9. The number of aliphatic hydroxyl groups is 1. The zero-order chi connectivity index (χ0) is 41.2. The minimum absolute atomic E-state index is 0.0477. The Kier molecular flexibility index (Phi) is 25.4. The lowest BCUT2D eigenvalue weighted by Crippen LogP contribution is -2.63. The molecule has 6 unspecified atom stereocenters. The lowest BCUT2D eigenvalue weighted by Gasteiger charge is -2.26. The van der Waals surface area contributed by atoms with Crippen molar-refractivity contribution in [2.75, 3.05) is 20.1 Å². The number of amides is 8. The topological polar surface area (TPSA) is 336 Å². The van der Waals surface area contributed by atoms with Gasteiger partial charge in [0.2, 0.25) is 41.2 Å². The van der Waals surface area contributed by atoms with Crippen LogP contribution in [0.4, 0.5) is 0 Å². The van der Waals surface area contributed by atoms with E-state index in [0.29, 0.717) is 25.8 Å². The van der Waals surface area contributed by atoms with Gasteiger partial charge >= 0.3 is 0 Å². The average molecular weight is 771 g/mol. The van der Waals surface area contributed by atoms with E-state index in [2.05, 4.69) is 44.1 Å². The van der Waals surface area contributed by atoms with Crippen LogP contribution < -0.4 is 54.4 Å². The monoisotopic (exact) mass is 770 g/mol. The molecule has 0 saturated carbocycles. The molecule has 14 N–H and O–H groups in total. The second-order valence-electron chi connectivity index (χ2n) is 13.0. The number of aliphatic hydroxyl groups excluding tert-OH is 1. The number of carbonyl (C=O) groups is 9. The minimum Gasteiger partial charge on any atom is -0.391 e. The maximum Gasteiger partial charge on any atom is 0.289 e. The Morgan fingerprint density at radius 1 is 0.667 bits per heavy atom. The Balaban J connectivity index is 5.35. The first-order valence-corrected chi connectivity index (χ1v) is 18.4. The fourth-order valence-corrected chi connectivity index (χ4v) is 5.01. The molecule has 0 rings (SSSR count). The SMILES string of the molecule is CCCCCCCCCC(=O)NCCC(=O)NC(CCCCN)C(=O)NC(C(=O)NC(N)C(=O)NC(CC(N)=O)C(=O)NC(C)C(=O)C(=O)NC)C(C)O. The molecule has 0 saturated heterocycles. The van der Waals surface area contributed by atoms with Crippen molar-refractivity contribution in [1.29, 1.82) is 0 Å². The predicted octanol–water partition coefficient (Wildman–Crippen LogP) is -3.31. The van der Waals surface area contributed by atoms with Gasteiger partial charge in [0.05, 0.1) is 18.6 Å². The van der Waals surface area contributed by atoms with Gasteiger partial charge in [-0.2, -0.15) is 0 Å². The van der Waals surface area contributed by atoms with E-state index in [9.17, 15) is 48.3 Å². The third kappa shape index (κ3) is 21.1. The summed E-state index contributed by atoms with van der Waals surface area (Å²) in [7, 11) is 1.21. The summed E-state index contributed by atoms with van der Waals surface area (Å²) < 4.78 is 0. The van der Waals surface area contributed by atoms with Crippen molar-refractivity contribution in [2.45, 2.75) is 141 Å². The van der Waals surface area contributed by atoms with Crippen molar-refractivity contribution in [2.24, 2.45) is 17.2 Å². The van der Waals surface area contributed by atoms with Crippen molar-refractivity contribution < 1.29 is 48.3 Å². The summed E-state index contributed by atoms with van der Waals surface area (Å²) in [4.78, 5) is 112. The molecule has 0 aromatic heterocycles. The van der Waals surface area contributed by atoms with Crippen molar-refractivity contribution in [3.63, 3.8) is 0 Å². The highest BCUT2D eigenvalue weighted by atomic mass is 16.3. The first-order chi connectivity index (χ1) is 25.5. The number of primary amides is 1. The Morgan fingerprint density at radius 2 is 1.28 bits per heavy atom. The average Bonchev–Trinajstić information content (AvgIpc) is 3.11. The van der Waals surface area contributed by atoms with Crippen LogP contribution in [0.3, 0.4) is 0 Å². The number of hydrogen-bond acceptors (Lipinski definition) is 12. The quantitative estimate of drug-likeness (QED) is 0.0202. The molecule has 0 aromatic rings. The largest absolute Gasteiger partial charge is 0.391 e. The summed E-state index contributed by atoms with van der Waals surface area (Å²) in [6.45, 7) is 4.89. The van der Waals surface area contributed by atoms with Gasteiger partial charge in [0.15, 0.2) is 6.17 Å². The number of hydrogen-bond donors (Lipinski definition) is 11. The van der Waals surface area contributed by atoms with Crippen LogP contribution >= 0.6 is 0 Å².